The van der Waals surface area contributed by atoms with Crippen LogP contribution in [0.25, 0.3) is 0 Å². The van der Waals surface area contributed by atoms with Crippen molar-refractivity contribution in [1.82, 2.24) is 10.2 Å². The van der Waals surface area contributed by atoms with E-state index in [-0.39, 0.29) is 11.9 Å². The predicted octanol–water partition coefficient (Wildman–Crippen LogP) is 2.17. The van der Waals surface area contributed by atoms with Crippen molar-refractivity contribution in [2.75, 3.05) is 13.6 Å². The normalized spacial score (nSPS) is 26.3. The lowest BCUT2D eigenvalue weighted by atomic mass is 10.2. The fraction of sp³-hybridized carbons (Fsp3) is 0.923. The first-order valence-electron chi connectivity index (χ1n) is 6.78. The number of nitrogens with zero attached hydrogens (tertiary/aromatic N) is 1. The lowest BCUT2D eigenvalue weighted by molar-refractivity contribution is -0.125. The van der Waals surface area contributed by atoms with Gasteiger partial charge < -0.3 is 5.32 Å². The Balaban J connectivity index is 0.000000606. The molecule has 0 aromatic rings. The SMILES string of the molecule is CC.CN1CCCC1C(=O)NC1CCCC1. The first-order chi connectivity index (χ1) is 7.77. The molecule has 1 saturated heterocycles. The molecule has 0 radical (unpaired) electrons. The van der Waals surface area contributed by atoms with Crippen LogP contribution in [0.3, 0.4) is 0 Å². The molecule has 1 heterocycles. The summed E-state index contributed by atoms with van der Waals surface area (Å²) in [7, 11) is 2.05. The van der Waals surface area contributed by atoms with E-state index in [9.17, 15) is 4.79 Å². The van der Waals surface area contributed by atoms with Gasteiger partial charge in [-0.15, -0.1) is 0 Å². The van der Waals surface area contributed by atoms with Crippen LogP contribution in [0.2, 0.25) is 0 Å². The summed E-state index contributed by atoms with van der Waals surface area (Å²) in [4.78, 5) is 14.0. The summed E-state index contributed by atoms with van der Waals surface area (Å²) in [5.74, 6) is 0.261. The number of nitrogens with one attached hydrogen (secondary N) is 1. The fourth-order valence-corrected chi connectivity index (χ4v) is 2.61. The second-order valence-corrected chi connectivity index (χ2v) is 4.63. The summed E-state index contributed by atoms with van der Waals surface area (Å²) < 4.78 is 0. The first-order valence-corrected chi connectivity index (χ1v) is 6.78. The van der Waals surface area contributed by atoms with Crippen molar-refractivity contribution in [2.24, 2.45) is 0 Å². The van der Waals surface area contributed by atoms with Gasteiger partial charge in [0.15, 0.2) is 0 Å². The van der Waals surface area contributed by atoms with Gasteiger partial charge >= 0.3 is 0 Å². The van der Waals surface area contributed by atoms with Crippen molar-refractivity contribution in [1.29, 1.82) is 0 Å². The van der Waals surface area contributed by atoms with E-state index in [0.717, 1.165) is 13.0 Å². The highest BCUT2D eigenvalue weighted by Gasteiger charge is 2.29. The third-order valence-corrected chi connectivity index (χ3v) is 3.52. The number of likely N-dealkylation sites (N-methyl/N-ethyl adjacent to an activating group) is 1. The highest BCUT2D eigenvalue weighted by molar-refractivity contribution is 5.82. The van der Waals surface area contributed by atoms with Gasteiger partial charge in [0.25, 0.3) is 0 Å². The molecule has 3 nitrogen and oxygen atoms in total. The average Bonchev–Trinajstić information content (AvgIpc) is 2.92. The number of hydrogen-bond donors (Lipinski definition) is 1. The van der Waals surface area contributed by atoms with Gasteiger partial charge in [0.1, 0.15) is 0 Å². The molecule has 1 atom stereocenters. The fourth-order valence-electron chi connectivity index (χ4n) is 2.61. The first kappa shape index (κ1) is 13.5. The number of carbonyl (C=O) groups excluding carboxylic acids is 1. The Morgan fingerprint density at radius 3 is 2.25 bits per heavy atom. The van der Waals surface area contributed by atoms with Crippen LogP contribution in [-0.2, 0) is 4.79 Å². The standard InChI is InChI=1S/C11H20N2O.C2H6/c1-13-8-4-7-10(13)11(14)12-9-5-2-3-6-9;1-2/h9-10H,2-8H2,1H3,(H,12,14);1-2H3. The van der Waals surface area contributed by atoms with E-state index in [0.29, 0.717) is 6.04 Å². The molecular formula is C13H26N2O. The molecule has 1 amide bonds. The van der Waals surface area contributed by atoms with Crippen LogP contribution >= 0.6 is 0 Å². The Labute approximate surface area is 99.6 Å². The zero-order chi connectivity index (χ0) is 12.0. The van der Waals surface area contributed by atoms with Gasteiger partial charge in [-0.3, -0.25) is 9.69 Å². The molecule has 2 fully saturated rings. The highest BCUT2D eigenvalue weighted by atomic mass is 16.2. The van der Waals surface area contributed by atoms with Crippen molar-refractivity contribution in [2.45, 2.75) is 64.5 Å². The molecule has 0 spiro atoms. The van der Waals surface area contributed by atoms with Crippen molar-refractivity contribution in [3.63, 3.8) is 0 Å². The van der Waals surface area contributed by atoms with Gasteiger partial charge in [-0.1, -0.05) is 26.7 Å². The number of rotatable bonds is 2. The maximum absolute atomic E-state index is 11.9. The average molecular weight is 226 g/mol. The summed E-state index contributed by atoms with van der Waals surface area (Å²) in [5.41, 5.74) is 0. The number of likely N-dealkylation sites (tertiary alicyclic amines) is 1. The summed E-state index contributed by atoms with van der Waals surface area (Å²) >= 11 is 0. The van der Waals surface area contributed by atoms with E-state index >= 15 is 0 Å². The van der Waals surface area contributed by atoms with Gasteiger partial charge in [-0.25, -0.2) is 0 Å². The van der Waals surface area contributed by atoms with Crippen molar-refractivity contribution in [3.05, 3.63) is 0 Å². The topological polar surface area (TPSA) is 32.3 Å². The molecule has 94 valence electrons. The molecule has 2 rings (SSSR count). The van der Waals surface area contributed by atoms with Crippen molar-refractivity contribution < 1.29 is 4.79 Å². The maximum Gasteiger partial charge on any atom is 0.237 e. The minimum Gasteiger partial charge on any atom is -0.352 e. The van der Waals surface area contributed by atoms with Gasteiger partial charge in [0.2, 0.25) is 5.91 Å². The molecule has 2 aliphatic rings. The van der Waals surface area contributed by atoms with E-state index in [1.165, 1.54) is 32.1 Å². The van der Waals surface area contributed by atoms with Crippen LogP contribution in [0.4, 0.5) is 0 Å². The van der Waals surface area contributed by atoms with Crippen molar-refractivity contribution >= 4 is 5.91 Å². The molecule has 3 heteroatoms. The summed E-state index contributed by atoms with van der Waals surface area (Å²) in [6, 6.07) is 0.618. The highest BCUT2D eigenvalue weighted by Crippen LogP contribution is 2.20. The molecule has 0 aromatic carbocycles. The number of hydrogen-bond acceptors (Lipinski definition) is 2. The molecule has 1 aliphatic heterocycles. The molecule has 1 aliphatic carbocycles. The quantitative estimate of drug-likeness (QED) is 0.782. The molecular weight excluding hydrogens is 200 g/mol. The maximum atomic E-state index is 11.9. The van der Waals surface area contributed by atoms with Crippen molar-refractivity contribution in [3.8, 4) is 0 Å². The van der Waals surface area contributed by atoms with E-state index in [1.54, 1.807) is 0 Å². The zero-order valence-corrected chi connectivity index (χ0v) is 11.0. The smallest absolute Gasteiger partial charge is 0.237 e. The molecule has 0 bridgehead atoms. The third-order valence-electron chi connectivity index (χ3n) is 3.52. The van der Waals surface area contributed by atoms with Crippen LogP contribution in [-0.4, -0.2) is 36.5 Å². The Bertz CT molecular complexity index is 212. The molecule has 1 unspecified atom stereocenters. The predicted molar refractivity (Wildman–Crippen MR) is 67.4 cm³/mol. The van der Waals surface area contributed by atoms with Crippen LogP contribution in [0.5, 0.6) is 0 Å². The van der Waals surface area contributed by atoms with Gasteiger partial charge in [0, 0.05) is 6.04 Å². The Hall–Kier alpha value is -0.570. The monoisotopic (exact) mass is 226 g/mol. The van der Waals surface area contributed by atoms with Gasteiger partial charge in [0.05, 0.1) is 6.04 Å². The second kappa shape index (κ2) is 6.89. The molecule has 0 aromatic heterocycles. The Morgan fingerprint density at radius 1 is 1.12 bits per heavy atom. The minimum absolute atomic E-state index is 0.149. The van der Waals surface area contributed by atoms with Crippen LogP contribution in [0.15, 0.2) is 0 Å². The summed E-state index contributed by atoms with van der Waals surface area (Å²) in [6.07, 6.45) is 7.13. The summed E-state index contributed by atoms with van der Waals surface area (Å²) in [5, 5.41) is 3.17. The molecule has 1 N–H and O–H groups in total. The van der Waals surface area contributed by atoms with E-state index in [1.807, 2.05) is 20.9 Å². The van der Waals surface area contributed by atoms with E-state index < -0.39 is 0 Å². The van der Waals surface area contributed by atoms with E-state index in [2.05, 4.69) is 10.2 Å². The van der Waals surface area contributed by atoms with Crippen LogP contribution in [0, 0.1) is 0 Å². The lowest BCUT2D eigenvalue weighted by Gasteiger charge is -2.21. The van der Waals surface area contributed by atoms with Crippen LogP contribution in [0.1, 0.15) is 52.4 Å². The number of carbonyl (C=O) groups is 1. The van der Waals surface area contributed by atoms with Gasteiger partial charge in [-0.05, 0) is 39.3 Å². The Morgan fingerprint density at radius 2 is 1.75 bits per heavy atom. The van der Waals surface area contributed by atoms with Crippen LogP contribution < -0.4 is 5.32 Å². The number of amides is 1. The third kappa shape index (κ3) is 3.48. The largest absolute Gasteiger partial charge is 0.352 e. The van der Waals surface area contributed by atoms with Gasteiger partial charge in [-0.2, -0.15) is 0 Å². The molecule has 16 heavy (non-hydrogen) atoms. The Kier molecular flexibility index (Phi) is 5.81. The summed E-state index contributed by atoms with van der Waals surface area (Å²) in [6.45, 7) is 5.07. The zero-order valence-electron chi connectivity index (χ0n) is 11.0. The minimum atomic E-state index is 0.149. The lowest BCUT2D eigenvalue weighted by Crippen LogP contribution is -2.44. The molecule has 1 saturated carbocycles. The van der Waals surface area contributed by atoms with E-state index in [4.69, 9.17) is 0 Å². The second-order valence-electron chi connectivity index (χ2n) is 4.63.